The zero-order valence-electron chi connectivity index (χ0n) is 8.11. The van der Waals surface area contributed by atoms with E-state index in [0.717, 1.165) is 15.7 Å². The third-order valence-electron chi connectivity index (χ3n) is 2.26. The van der Waals surface area contributed by atoms with Crippen LogP contribution < -0.4 is 0 Å². The lowest BCUT2D eigenvalue weighted by molar-refractivity contribution is 1.04. The maximum absolute atomic E-state index is 8.87. The molecule has 3 nitrogen and oxygen atoms in total. The number of rotatable bonds is 1. The number of halogens is 1. The Morgan fingerprint density at radius 3 is 2.87 bits per heavy atom. The first kappa shape index (κ1) is 9.94. The van der Waals surface area contributed by atoms with Crippen LogP contribution in [0.2, 0.25) is 0 Å². The van der Waals surface area contributed by atoms with Gasteiger partial charge in [0.1, 0.15) is 6.07 Å². The average molecular weight is 262 g/mol. The summed E-state index contributed by atoms with van der Waals surface area (Å²) in [6, 6.07) is 5.85. The summed E-state index contributed by atoms with van der Waals surface area (Å²) in [4.78, 5) is 3.99. The van der Waals surface area contributed by atoms with Gasteiger partial charge in [-0.15, -0.1) is 0 Å². The van der Waals surface area contributed by atoms with Crippen molar-refractivity contribution in [3.8, 4) is 11.8 Å². The third-order valence-corrected chi connectivity index (χ3v) is 3.28. The Balaban J connectivity index is 2.62. The molecule has 1 aromatic carbocycles. The van der Waals surface area contributed by atoms with Crippen molar-refractivity contribution in [2.45, 2.75) is 6.92 Å². The second kappa shape index (κ2) is 3.87. The number of aromatic nitrogens is 2. The van der Waals surface area contributed by atoms with E-state index in [4.69, 9.17) is 5.26 Å². The second-order valence-corrected chi connectivity index (χ2v) is 3.95. The van der Waals surface area contributed by atoms with Crippen LogP contribution in [-0.4, -0.2) is 9.55 Å². The van der Waals surface area contributed by atoms with E-state index in [0.29, 0.717) is 5.56 Å². The van der Waals surface area contributed by atoms with E-state index < -0.39 is 0 Å². The van der Waals surface area contributed by atoms with Crippen molar-refractivity contribution in [1.29, 1.82) is 5.26 Å². The minimum atomic E-state index is 0.649. The lowest BCUT2D eigenvalue weighted by Crippen LogP contribution is -1.95. The van der Waals surface area contributed by atoms with Crippen molar-refractivity contribution in [3.63, 3.8) is 0 Å². The molecular formula is C11H8BrN3. The SMILES string of the molecule is Cc1c(-n2ccnc2)ccc(C#N)c1Br. The van der Waals surface area contributed by atoms with Gasteiger partial charge in [0.2, 0.25) is 0 Å². The normalized spacial score (nSPS) is 9.93. The lowest BCUT2D eigenvalue weighted by Gasteiger charge is -2.09. The first-order valence-electron chi connectivity index (χ1n) is 4.41. The van der Waals surface area contributed by atoms with Gasteiger partial charge in [-0.05, 0) is 40.5 Å². The van der Waals surface area contributed by atoms with E-state index >= 15 is 0 Å². The van der Waals surface area contributed by atoms with Crippen LogP contribution in [-0.2, 0) is 0 Å². The summed E-state index contributed by atoms with van der Waals surface area (Å²) in [6.07, 6.45) is 5.34. The van der Waals surface area contributed by atoms with Gasteiger partial charge in [-0.3, -0.25) is 0 Å². The van der Waals surface area contributed by atoms with Crippen molar-refractivity contribution in [1.82, 2.24) is 9.55 Å². The Morgan fingerprint density at radius 2 is 2.27 bits per heavy atom. The average Bonchev–Trinajstić information content (AvgIpc) is 2.75. The number of imidazole rings is 1. The molecule has 0 radical (unpaired) electrons. The number of hydrogen-bond donors (Lipinski definition) is 0. The molecule has 0 aliphatic carbocycles. The predicted molar refractivity (Wildman–Crippen MR) is 60.7 cm³/mol. The fourth-order valence-electron chi connectivity index (χ4n) is 1.44. The van der Waals surface area contributed by atoms with E-state index in [1.807, 2.05) is 23.8 Å². The van der Waals surface area contributed by atoms with Gasteiger partial charge in [0.15, 0.2) is 0 Å². The second-order valence-electron chi connectivity index (χ2n) is 3.15. The van der Waals surface area contributed by atoms with Crippen molar-refractivity contribution < 1.29 is 0 Å². The van der Waals surface area contributed by atoms with E-state index in [1.165, 1.54) is 0 Å². The molecule has 0 saturated heterocycles. The smallest absolute Gasteiger partial charge is 0.100 e. The molecule has 0 bridgehead atoms. The Morgan fingerprint density at radius 1 is 1.47 bits per heavy atom. The van der Waals surface area contributed by atoms with Gasteiger partial charge in [-0.25, -0.2) is 4.98 Å². The van der Waals surface area contributed by atoms with Gasteiger partial charge >= 0.3 is 0 Å². The zero-order valence-corrected chi connectivity index (χ0v) is 9.69. The molecule has 2 rings (SSSR count). The van der Waals surface area contributed by atoms with Crippen LogP contribution >= 0.6 is 15.9 Å². The summed E-state index contributed by atoms with van der Waals surface area (Å²) in [5, 5.41) is 8.87. The molecule has 4 heteroatoms. The minimum Gasteiger partial charge on any atom is -0.306 e. The monoisotopic (exact) mass is 261 g/mol. The summed E-state index contributed by atoms with van der Waals surface area (Å²) in [7, 11) is 0. The molecule has 0 aliphatic rings. The van der Waals surface area contributed by atoms with Crippen molar-refractivity contribution >= 4 is 15.9 Å². The molecule has 0 fully saturated rings. The fourth-order valence-corrected chi connectivity index (χ4v) is 1.87. The largest absolute Gasteiger partial charge is 0.306 e. The summed E-state index contributed by atoms with van der Waals surface area (Å²) in [5.41, 5.74) is 2.71. The maximum Gasteiger partial charge on any atom is 0.100 e. The van der Waals surface area contributed by atoms with Crippen LogP contribution in [0.15, 0.2) is 35.3 Å². The predicted octanol–water partition coefficient (Wildman–Crippen LogP) is 2.81. The van der Waals surface area contributed by atoms with Gasteiger partial charge < -0.3 is 4.57 Å². The number of hydrogen-bond acceptors (Lipinski definition) is 2. The highest BCUT2D eigenvalue weighted by atomic mass is 79.9. The highest BCUT2D eigenvalue weighted by molar-refractivity contribution is 9.10. The number of benzene rings is 1. The lowest BCUT2D eigenvalue weighted by atomic mass is 10.1. The molecule has 0 spiro atoms. The molecule has 15 heavy (non-hydrogen) atoms. The van der Waals surface area contributed by atoms with E-state index in [-0.39, 0.29) is 0 Å². The third kappa shape index (κ3) is 1.66. The van der Waals surface area contributed by atoms with E-state index in [2.05, 4.69) is 27.0 Å². The van der Waals surface area contributed by atoms with Crippen molar-refractivity contribution in [2.75, 3.05) is 0 Å². The van der Waals surface area contributed by atoms with E-state index in [1.54, 1.807) is 18.6 Å². The van der Waals surface area contributed by atoms with Gasteiger partial charge in [0.05, 0.1) is 17.6 Å². The molecule has 1 aromatic heterocycles. The first-order chi connectivity index (χ1) is 7.24. The van der Waals surface area contributed by atoms with Crippen LogP contribution in [0, 0.1) is 18.3 Å². The summed E-state index contributed by atoms with van der Waals surface area (Å²) < 4.78 is 2.76. The standard InChI is InChI=1S/C11H8BrN3/c1-8-10(15-5-4-14-7-15)3-2-9(6-13)11(8)12/h2-5,7H,1H3. The first-order valence-corrected chi connectivity index (χ1v) is 5.21. The van der Waals surface area contributed by atoms with Crippen LogP contribution in [0.4, 0.5) is 0 Å². The molecule has 0 unspecified atom stereocenters. The Bertz CT molecular complexity index is 524. The molecule has 0 amide bonds. The van der Waals surface area contributed by atoms with Crippen molar-refractivity contribution in [3.05, 3.63) is 46.5 Å². The van der Waals surface area contributed by atoms with Gasteiger partial charge in [0.25, 0.3) is 0 Å². The van der Waals surface area contributed by atoms with Crippen LogP contribution in [0.3, 0.4) is 0 Å². The van der Waals surface area contributed by atoms with E-state index in [9.17, 15) is 0 Å². The summed E-state index contributed by atoms with van der Waals surface area (Å²) in [6.45, 7) is 1.97. The zero-order chi connectivity index (χ0) is 10.8. The minimum absolute atomic E-state index is 0.649. The molecule has 1 heterocycles. The molecular weight excluding hydrogens is 254 g/mol. The molecule has 2 aromatic rings. The van der Waals surface area contributed by atoms with Gasteiger partial charge in [0, 0.05) is 16.9 Å². The molecule has 0 N–H and O–H groups in total. The molecule has 0 atom stereocenters. The molecule has 74 valence electrons. The Hall–Kier alpha value is -1.60. The molecule has 0 saturated carbocycles. The van der Waals surface area contributed by atoms with Crippen LogP contribution in [0.5, 0.6) is 0 Å². The topological polar surface area (TPSA) is 41.6 Å². The maximum atomic E-state index is 8.87. The quantitative estimate of drug-likeness (QED) is 0.792. The highest BCUT2D eigenvalue weighted by Crippen LogP contribution is 2.26. The highest BCUT2D eigenvalue weighted by Gasteiger charge is 2.07. The fraction of sp³-hybridized carbons (Fsp3) is 0.0909. The summed E-state index contributed by atoms with van der Waals surface area (Å²) >= 11 is 3.42. The van der Waals surface area contributed by atoms with Gasteiger partial charge in [-0.1, -0.05) is 0 Å². The van der Waals surface area contributed by atoms with Crippen molar-refractivity contribution in [2.24, 2.45) is 0 Å². The number of nitrogens with zero attached hydrogens (tertiary/aromatic N) is 3. The number of nitriles is 1. The Labute approximate surface area is 96.1 Å². The van der Waals surface area contributed by atoms with Crippen LogP contribution in [0.25, 0.3) is 5.69 Å². The summed E-state index contributed by atoms with van der Waals surface area (Å²) in [5.74, 6) is 0. The van der Waals surface area contributed by atoms with Crippen LogP contribution in [0.1, 0.15) is 11.1 Å². The molecule has 0 aliphatic heterocycles. The van der Waals surface area contributed by atoms with Gasteiger partial charge in [-0.2, -0.15) is 5.26 Å². The Kier molecular flexibility index (Phi) is 2.57.